The Balaban J connectivity index is 1.42. The molecule has 0 aliphatic carbocycles. The summed E-state index contributed by atoms with van der Waals surface area (Å²) >= 11 is 0. The first-order chi connectivity index (χ1) is 12.7. The van der Waals surface area contributed by atoms with Crippen LogP contribution in [0.4, 0.5) is 4.39 Å². The third-order valence-electron chi connectivity index (χ3n) is 4.84. The van der Waals surface area contributed by atoms with Crippen LogP contribution in [-0.4, -0.2) is 41.6 Å². The van der Waals surface area contributed by atoms with Crippen LogP contribution in [0.5, 0.6) is 0 Å². The topological polar surface area (TPSA) is 45.3 Å². The number of fused-ring (bicyclic) bond motifs is 1. The minimum Gasteiger partial charge on any atom is -0.375 e. The predicted molar refractivity (Wildman–Crippen MR) is 98.7 cm³/mol. The van der Waals surface area contributed by atoms with E-state index in [0.717, 1.165) is 18.4 Å². The molecule has 1 N–H and O–H groups in total. The second-order valence-corrected chi connectivity index (χ2v) is 6.68. The van der Waals surface area contributed by atoms with Crippen molar-refractivity contribution in [1.29, 1.82) is 0 Å². The summed E-state index contributed by atoms with van der Waals surface area (Å²) in [5.74, 6) is -0.363. The third kappa shape index (κ3) is 3.63. The number of carbonyl (C=O) groups is 1. The molecule has 26 heavy (non-hydrogen) atoms. The van der Waals surface area contributed by atoms with Crippen LogP contribution in [0, 0.1) is 5.82 Å². The van der Waals surface area contributed by atoms with Crippen LogP contribution in [0.3, 0.4) is 0 Å². The lowest BCUT2D eigenvalue weighted by atomic mass is 10.1. The second-order valence-electron chi connectivity index (χ2n) is 6.68. The summed E-state index contributed by atoms with van der Waals surface area (Å²) < 4.78 is 19.2. The monoisotopic (exact) mass is 352 g/mol. The van der Waals surface area contributed by atoms with E-state index in [0.29, 0.717) is 30.8 Å². The number of morpholine rings is 1. The van der Waals surface area contributed by atoms with Gasteiger partial charge in [0.15, 0.2) is 0 Å². The first-order valence-electron chi connectivity index (χ1n) is 8.92. The highest BCUT2D eigenvalue weighted by atomic mass is 19.1. The van der Waals surface area contributed by atoms with Crippen LogP contribution in [0.15, 0.2) is 54.6 Å². The van der Waals surface area contributed by atoms with Gasteiger partial charge in [0.2, 0.25) is 0 Å². The molecule has 0 saturated carbocycles. The number of amides is 1. The number of aromatic amines is 1. The van der Waals surface area contributed by atoms with E-state index in [1.54, 1.807) is 12.1 Å². The van der Waals surface area contributed by atoms with Crippen LogP contribution in [0.1, 0.15) is 22.5 Å². The van der Waals surface area contributed by atoms with Gasteiger partial charge < -0.3 is 14.6 Å². The Morgan fingerprint density at radius 3 is 2.88 bits per heavy atom. The SMILES string of the molecule is O=C(c1cc2cc(F)ccc2[nH]1)N1CCOC(CCc2ccccc2)C1. The van der Waals surface area contributed by atoms with Crippen molar-refractivity contribution in [3.8, 4) is 0 Å². The lowest BCUT2D eigenvalue weighted by Crippen LogP contribution is -2.45. The molecule has 0 spiro atoms. The second kappa shape index (κ2) is 7.30. The molecule has 1 atom stereocenters. The van der Waals surface area contributed by atoms with Gasteiger partial charge in [0.25, 0.3) is 5.91 Å². The van der Waals surface area contributed by atoms with Gasteiger partial charge in [0, 0.05) is 24.0 Å². The predicted octanol–water partition coefficient (Wildman–Crippen LogP) is 3.78. The molecular weight excluding hydrogens is 331 g/mol. The molecule has 4 rings (SSSR count). The number of benzene rings is 2. The molecule has 134 valence electrons. The highest BCUT2D eigenvalue weighted by Crippen LogP contribution is 2.20. The van der Waals surface area contributed by atoms with Crippen LogP contribution in [-0.2, 0) is 11.2 Å². The van der Waals surface area contributed by atoms with Crippen LogP contribution >= 0.6 is 0 Å². The van der Waals surface area contributed by atoms with Crippen molar-refractivity contribution in [3.63, 3.8) is 0 Å². The first kappa shape index (κ1) is 16.8. The van der Waals surface area contributed by atoms with E-state index in [1.165, 1.54) is 17.7 Å². The van der Waals surface area contributed by atoms with E-state index < -0.39 is 0 Å². The molecule has 3 aromatic rings. The number of carbonyl (C=O) groups excluding carboxylic acids is 1. The van der Waals surface area contributed by atoms with Crippen molar-refractivity contribution in [2.24, 2.45) is 0 Å². The molecule has 0 bridgehead atoms. The molecule has 2 aromatic carbocycles. The smallest absolute Gasteiger partial charge is 0.270 e. The van der Waals surface area contributed by atoms with E-state index in [1.807, 2.05) is 23.1 Å². The highest BCUT2D eigenvalue weighted by Gasteiger charge is 2.25. The molecule has 1 aliphatic rings. The van der Waals surface area contributed by atoms with Gasteiger partial charge in [-0.3, -0.25) is 4.79 Å². The first-order valence-corrected chi connectivity index (χ1v) is 8.92. The van der Waals surface area contributed by atoms with Crippen molar-refractivity contribution < 1.29 is 13.9 Å². The van der Waals surface area contributed by atoms with E-state index in [-0.39, 0.29) is 17.8 Å². The van der Waals surface area contributed by atoms with Crippen LogP contribution < -0.4 is 0 Å². The molecule has 5 heteroatoms. The summed E-state index contributed by atoms with van der Waals surface area (Å²) in [6, 6.07) is 16.5. The number of ether oxygens (including phenoxy) is 1. The fourth-order valence-electron chi connectivity index (χ4n) is 3.44. The van der Waals surface area contributed by atoms with Crippen molar-refractivity contribution in [1.82, 2.24) is 9.88 Å². The Morgan fingerprint density at radius 2 is 2.04 bits per heavy atom. The van der Waals surface area contributed by atoms with E-state index >= 15 is 0 Å². The fraction of sp³-hybridized carbons (Fsp3) is 0.286. The molecular formula is C21H21FN2O2. The van der Waals surface area contributed by atoms with Gasteiger partial charge in [-0.15, -0.1) is 0 Å². The largest absolute Gasteiger partial charge is 0.375 e. The van der Waals surface area contributed by atoms with Gasteiger partial charge in [-0.05, 0) is 42.7 Å². The number of hydrogen-bond acceptors (Lipinski definition) is 2. The Labute approximate surface area is 151 Å². The molecule has 1 amide bonds. The van der Waals surface area contributed by atoms with Crippen molar-refractivity contribution >= 4 is 16.8 Å². The molecule has 1 fully saturated rings. The summed E-state index contributed by atoms with van der Waals surface area (Å²) in [6.07, 6.45) is 1.85. The number of halogens is 1. The van der Waals surface area contributed by atoms with Crippen molar-refractivity contribution in [3.05, 3.63) is 71.7 Å². The standard InChI is InChI=1S/C21H21FN2O2/c22-17-7-9-19-16(12-17)13-20(23-19)21(25)24-10-11-26-18(14-24)8-6-15-4-2-1-3-5-15/h1-5,7,9,12-13,18,23H,6,8,10-11,14H2. The molecule has 1 unspecified atom stereocenters. The van der Waals surface area contributed by atoms with E-state index in [2.05, 4.69) is 17.1 Å². The van der Waals surface area contributed by atoms with Crippen LogP contribution in [0.25, 0.3) is 10.9 Å². The molecule has 4 nitrogen and oxygen atoms in total. The number of rotatable bonds is 4. The Hall–Kier alpha value is -2.66. The van der Waals surface area contributed by atoms with Crippen molar-refractivity contribution in [2.45, 2.75) is 18.9 Å². The number of H-pyrrole nitrogens is 1. The van der Waals surface area contributed by atoms with Gasteiger partial charge in [0.1, 0.15) is 11.5 Å². The minimum absolute atomic E-state index is 0.0368. The molecule has 1 saturated heterocycles. The number of nitrogens with one attached hydrogen (secondary N) is 1. The van der Waals surface area contributed by atoms with Crippen LogP contribution in [0.2, 0.25) is 0 Å². The maximum atomic E-state index is 13.4. The van der Waals surface area contributed by atoms with E-state index in [4.69, 9.17) is 4.74 Å². The van der Waals surface area contributed by atoms with Gasteiger partial charge in [0.05, 0.1) is 12.7 Å². The number of hydrogen-bond donors (Lipinski definition) is 1. The lowest BCUT2D eigenvalue weighted by molar-refractivity contribution is -0.0247. The Morgan fingerprint density at radius 1 is 1.19 bits per heavy atom. The van der Waals surface area contributed by atoms with Gasteiger partial charge in [-0.25, -0.2) is 4.39 Å². The summed E-state index contributed by atoms with van der Waals surface area (Å²) in [4.78, 5) is 17.7. The van der Waals surface area contributed by atoms with Gasteiger partial charge in [-0.2, -0.15) is 0 Å². The maximum Gasteiger partial charge on any atom is 0.270 e. The summed E-state index contributed by atoms with van der Waals surface area (Å²) in [7, 11) is 0. The quantitative estimate of drug-likeness (QED) is 0.777. The Kier molecular flexibility index (Phi) is 4.71. The summed E-state index contributed by atoms with van der Waals surface area (Å²) in [6.45, 7) is 1.69. The zero-order chi connectivity index (χ0) is 17.9. The van der Waals surface area contributed by atoms with Gasteiger partial charge >= 0.3 is 0 Å². The van der Waals surface area contributed by atoms with Gasteiger partial charge in [-0.1, -0.05) is 30.3 Å². The molecule has 1 aliphatic heterocycles. The lowest BCUT2D eigenvalue weighted by Gasteiger charge is -2.32. The highest BCUT2D eigenvalue weighted by molar-refractivity contribution is 5.98. The fourth-order valence-corrected chi connectivity index (χ4v) is 3.44. The third-order valence-corrected chi connectivity index (χ3v) is 4.84. The molecule has 1 aromatic heterocycles. The normalized spacial score (nSPS) is 17.6. The maximum absolute atomic E-state index is 13.4. The average Bonchev–Trinajstić information content (AvgIpc) is 3.10. The molecule has 2 heterocycles. The zero-order valence-electron chi connectivity index (χ0n) is 14.5. The zero-order valence-corrected chi connectivity index (χ0v) is 14.5. The summed E-state index contributed by atoms with van der Waals surface area (Å²) in [5, 5.41) is 0.710. The summed E-state index contributed by atoms with van der Waals surface area (Å²) in [5.41, 5.74) is 2.54. The number of aromatic nitrogens is 1. The van der Waals surface area contributed by atoms with E-state index in [9.17, 15) is 9.18 Å². The average molecular weight is 352 g/mol. The Bertz CT molecular complexity index is 907. The molecule has 0 radical (unpaired) electrons. The van der Waals surface area contributed by atoms with Crippen molar-refractivity contribution in [2.75, 3.05) is 19.7 Å². The number of nitrogens with zero attached hydrogens (tertiary/aromatic N) is 1. The minimum atomic E-state index is -0.303. The number of aryl methyl sites for hydroxylation is 1.